The van der Waals surface area contributed by atoms with E-state index in [0.29, 0.717) is 0 Å². The van der Waals surface area contributed by atoms with Gasteiger partial charge in [0.15, 0.2) is 0 Å². The van der Waals surface area contributed by atoms with Crippen molar-refractivity contribution in [3.8, 4) is 0 Å². The van der Waals surface area contributed by atoms with Crippen molar-refractivity contribution >= 4 is 0 Å². The van der Waals surface area contributed by atoms with Crippen LogP contribution < -0.4 is 0 Å². The molecular weight excluding hydrogens is 228 g/mol. The van der Waals surface area contributed by atoms with Gasteiger partial charge in [-0.2, -0.15) is 0 Å². The molecule has 2 atom stereocenters. The average Bonchev–Trinajstić information content (AvgIpc) is 3.17. The number of hydrogen-bond donors (Lipinski definition) is 4. The first-order chi connectivity index (χ1) is 8.12. The van der Waals surface area contributed by atoms with Gasteiger partial charge in [0, 0.05) is 0 Å². The molecule has 6 heteroatoms. The van der Waals surface area contributed by atoms with Crippen molar-refractivity contribution in [2.75, 3.05) is 39.6 Å². The highest BCUT2D eigenvalue weighted by Crippen LogP contribution is 1.87. The van der Waals surface area contributed by atoms with E-state index < -0.39 is 12.2 Å². The Labute approximate surface area is 102 Å². The molecular formula is C11H24O6. The molecule has 0 saturated carbocycles. The van der Waals surface area contributed by atoms with Crippen molar-refractivity contribution in [3.05, 3.63) is 12.7 Å². The van der Waals surface area contributed by atoms with E-state index in [0.717, 1.165) is 13.2 Å². The Morgan fingerprint density at radius 2 is 1.47 bits per heavy atom. The molecule has 1 heterocycles. The van der Waals surface area contributed by atoms with Crippen LogP contribution in [0.5, 0.6) is 0 Å². The fraction of sp³-hybridized carbons (Fsp3) is 0.818. The summed E-state index contributed by atoms with van der Waals surface area (Å²) in [6.07, 6.45) is -0.0817. The van der Waals surface area contributed by atoms with E-state index in [1.165, 1.54) is 0 Å². The number of hydrogen-bond acceptors (Lipinski definition) is 6. The normalized spacial score (nSPS) is 15.6. The maximum Gasteiger partial charge on any atom is 0.100 e. The second-order valence-electron chi connectivity index (χ2n) is 3.23. The zero-order chi connectivity index (χ0) is 13.5. The van der Waals surface area contributed by atoms with Gasteiger partial charge in [0.1, 0.15) is 12.2 Å². The lowest BCUT2D eigenvalue weighted by molar-refractivity contribution is -0.0364. The highest BCUT2D eigenvalue weighted by Gasteiger charge is 2.04. The summed E-state index contributed by atoms with van der Waals surface area (Å²) in [5.41, 5.74) is 0. The van der Waals surface area contributed by atoms with Crippen molar-refractivity contribution in [2.45, 2.75) is 19.1 Å². The van der Waals surface area contributed by atoms with E-state index in [2.05, 4.69) is 11.3 Å². The lowest BCUT2D eigenvalue weighted by Crippen LogP contribution is -2.25. The van der Waals surface area contributed by atoms with Crippen molar-refractivity contribution in [1.82, 2.24) is 0 Å². The Bertz CT molecular complexity index is 138. The molecule has 17 heavy (non-hydrogen) atoms. The van der Waals surface area contributed by atoms with Crippen LogP contribution in [0.3, 0.4) is 0 Å². The van der Waals surface area contributed by atoms with Crippen LogP contribution in [0.1, 0.15) is 6.92 Å². The molecule has 6 nitrogen and oxygen atoms in total. The van der Waals surface area contributed by atoms with Gasteiger partial charge >= 0.3 is 0 Å². The van der Waals surface area contributed by atoms with E-state index in [-0.39, 0.29) is 26.4 Å². The Balaban J connectivity index is 0. The Morgan fingerprint density at radius 3 is 1.65 bits per heavy atom. The highest BCUT2D eigenvalue weighted by atomic mass is 16.6. The molecule has 0 aromatic carbocycles. The third kappa shape index (κ3) is 25.6. The van der Waals surface area contributed by atoms with Crippen LogP contribution in [0, 0.1) is 0 Å². The smallest absolute Gasteiger partial charge is 0.100 e. The predicted molar refractivity (Wildman–Crippen MR) is 63.7 cm³/mol. The van der Waals surface area contributed by atoms with Gasteiger partial charge < -0.3 is 29.9 Å². The molecule has 0 radical (unpaired) electrons. The van der Waals surface area contributed by atoms with E-state index >= 15 is 0 Å². The van der Waals surface area contributed by atoms with Gasteiger partial charge in [0.25, 0.3) is 0 Å². The fourth-order valence-corrected chi connectivity index (χ4v) is 0.446. The molecule has 104 valence electrons. The van der Waals surface area contributed by atoms with Gasteiger partial charge in [-0.05, 0) is 6.92 Å². The first kappa shape index (κ1) is 18.9. The largest absolute Gasteiger partial charge is 0.394 e. The molecule has 0 bridgehead atoms. The second kappa shape index (κ2) is 15.5. The molecule has 0 aliphatic carbocycles. The van der Waals surface area contributed by atoms with Crippen molar-refractivity contribution < 1.29 is 29.9 Å². The third-order valence-corrected chi connectivity index (χ3v) is 1.25. The van der Waals surface area contributed by atoms with Gasteiger partial charge in [-0.3, -0.25) is 0 Å². The van der Waals surface area contributed by atoms with Crippen LogP contribution in [0.25, 0.3) is 0 Å². The van der Waals surface area contributed by atoms with Crippen molar-refractivity contribution in [1.29, 1.82) is 0 Å². The highest BCUT2D eigenvalue weighted by molar-refractivity contribution is 4.53. The first-order valence-corrected chi connectivity index (χ1v) is 5.42. The minimum Gasteiger partial charge on any atom is -0.394 e. The molecule has 1 aliphatic rings. The summed E-state index contributed by atoms with van der Waals surface area (Å²) in [5, 5.41) is 34.1. The summed E-state index contributed by atoms with van der Waals surface area (Å²) in [6.45, 7) is 6.45. The minimum absolute atomic E-state index is 0.0342. The molecule has 0 aromatic rings. The second-order valence-corrected chi connectivity index (χ2v) is 3.23. The number of rotatable bonds is 6. The minimum atomic E-state index is -0.916. The fourth-order valence-electron chi connectivity index (χ4n) is 0.446. The molecule has 0 spiro atoms. The van der Waals surface area contributed by atoms with Gasteiger partial charge in [-0.1, -0.05) is 6.08 Å². The SMILES string of the molecule is C1CO1.C=CC.OCC(O)COCC(O)CO. The zero-order valence-corrected chi connectivity index (χ0v) is 10.3. The number of allylic oxidation sites excluding steroid dienone is 1. The van der Waals surface area contributed by atoms with Crippen LogP contribution in [0.2, 0.25) is 0 Å². The molecule has 0 amide bonds. The molecule has 1 aliphatic heterocycles. The number of aliphatic hydroxyl groups is 4. The van der Waals surface area contributed by atoms with E-state index in [1.54, 1.807) is 6.08 Å². The standard InChI is InChI=1S/C6H14O5.C3H6.C2H4O/c7-1-5(9)3-11-4-6(10)2-8;1-3-2;1-2-3-1/h5-10H,1-4H2;3H,1H2,2H3;1-2H2. The Hall–Kier alpha value is -0.500. The van der Waals surface area contributed by atoms with Crippen LogP contribution in [0.15, 0.2) is 12.7 Å². The summed E-state index contributed by atoms with van der Waals surface area (Å²) in [6, 6.07) is 0. The van der Waals surface area contributed by atoms with Crippen LogP contribution >= 0.6 is 0 Å². The lowest BCUT2D eigenvalue weighted by Gasteiger charge is -2.10. The van der Waals surface area contributed by atoms with Crippen molar-refractivity contribution in [3.63, 3.8) is 0 Å². The zero-order valence-electron chi connectivity index (χ0n) is 10.3. The topological polar surface area (TPSA) is 103 Å². The molecule has 0 aromatic heterocycles. The molecule has 1 rings (SSSR count). The average molecular weight is 252 g/mol. The van der Waals surface area contributed by atoms with Crippen molar-refractivity contribution in [2.24, 2.45) is 0 Å². The van der Waals surface area contributed by atoms with Crippen LogP contribution in [-0.2, 0) is 9.47 Å². The van der Waals surface area contributed by atoms with E-state index in [4.69, 9.17) is 25.2 Å². The summed E-state index contributed by atoms with van der Waals surface area (Å²) in [5.74, 6) is 0. The first-order valence-electron chi connectivity index (χ1n) is 5.42. The molecule has 1 saturated heterocycles. The van der Waals surface area contributed by atoms with E-state index in [9.17, 15) is 0 Å². The summed E-state index contributed by atoms with van der Waals surface area (Å²) >= 11 is 0. The monoisotopic (exact) mass is 252 g/mol. The number of aliphatic hydroxyl groups excluding tert-OH is 4. The molecule has 1 fully saturated rings. The van der Waals surface area contributed by atoms with Crippen LogP contribution in [0.4, 0.5) is 0 Å². The maximum absolute atomic E-state index is 8.72. The van der Waals surface area contributed by atoms with Crippen LogP contribution in [-0.4, -0.2) is 72.3 Å². The van der Waals surface area contributed by atoms with Gasteiger partial charge in [-0.25, -0.2) is 0 Å². The molecule has 4 N–H and O–H groups in total. The Morgan fingerprint density at radius 1 is 1.18 bits per heavy atom. The summed E-state index contributed by atoms with van der Waals surface area (Å²) in [4.78, 5) is 0. The van der Waals surface area contributed by atoms with Gasteiger partial charge in [0.05, 0.1) is 39.6 Å². The maximum atomic E-state index is 8.72. The summed E-state index contributed by atoms with van der Waals surface area (Å²) in [7, 11) is 0. The molecule has 2 unspecified atom stereocenters. The number of epoxide rings is 1. The predicted octanol–water partition coefficient (Wildman–Crippen LogP) is -1.08. The lowest BCUT2D eigenvalue weighted by atomic mass is 10.4. The van der Waals surface area contributed by atoms with Gasteiger partial charge in [0.2, 0.25) is 0 Å². The van der Waals surface area contributed by atoms with E-state index in [1.807, 2.05) is 6.92 Å². The summed E-state index contributed by atoms with van der Waals surface area (Å²) < 4.78 is 9.22. The third-order valence-electron chi connectivity index (χ3n) is 1.25. The quantitative estimate of drug-likeness (QED) is 0.354. The number of ether oxygens (including phenoxy) is 2. The Kier molecular flexibility index (Phi) is 17.2. The van der Waals surface area contributed by atoms with Gasteiger partial charge in [-0.15, -0.1) is 6.58 Å².